The molecule has 2 heterocycles. The highest BCUT2D eigenvalue weighted by molar-refractivity contribution is 9.10. The van der Waals surface area contributed by atoms with E-state index in [0.717, 1.165) is 10.0 Å². The van der Waals surface area contributed by atoms with E-state index in [9.17, 15) is 9.18 Å². The number of carbonyl (C=O) groups excluding carboxylic acids is 1. The van der Waals surface area contributed by atoms with Crippen molar-refractivity contribution in [1.29, 1.82) is 0 Å². The second-order valence-corrected chi connectivity index (χ2v) is 7.24. The molecule has 0 aliphatic carbocycles. The third-order valence-corrected chi connectivity index (χ3v) is 5.02. The van der Waals surface area contributed by atoms with Gasteiger partial charge < -0.3 is 9.30 Å². The molecule has 0 fully saturated rings. The summed E-state index contributed by atoms with van der Waals surface area (Å²) in [5.41, 5.74) is 1.92. The predicted octanol–water partition coefficient (Wildman–Crippen LogP) is 5.96. The van der Waals surface area contributed by atoms with Gasteiger partial charge in [0.15, 0.2) is 5.82 Å². The number of hydrogen-bond donors (Lipinski definition) is 1. The van der Waals surface area contributed by atoms with E-state index >= 15 is 0 Å². The number of aromatic nitrogens is 1. The first-order valence-corrected chi connectivity index (χ1v) is 9.29. The topological polar surface area (TPSA) is 43.3 Å². The molecule has 0 bridgehead atoms. The Balaban J connectivity index is 1.82. The molecule has 2 aromatic heterocycles. The Hall–Kier alpha value is -2.12. The Morgan fingerprint density at radius 1 is 1.32 bits per heavy atom. The smallest absolute Gasteiger partial charge is 0.413 e. The van der Waals surface area contributed by atoms with Crippen LogP contribution in [0.25, 0.3) is 11.1 Å². The molecule has 1 aromatic carbocycles. The number of halogens is 2. The maximum absolute atomic E-state index is 14.4. The molecule has 1 amide bonds. The molecule has 7 heteroatoms. The van der Waals surface area contributed by atoms with Gasteiger partial charge in [0.25, 0.3) is 0 Å². The normalized spacial score (nSPS) is 12.0. The fourth-order valence-electron chi connectivity index (χ4n) is 2.49. The molecule has 130 valence electrons. The van der Waals surface area contributed by atoms with E-state index in [0.29, 0.717) is 16.9 Å². The highest BCUT2D eigenvalue weighted by Gasteiger charge is 2.20. The number of anilines is 1. The quantitative estimate of drug-likeness (QED) is 0.562. The van der Waals surface area contributed by atoms with E-state index < -0.39 is 11.9 Å². The zero-order chi connectivity index (χ0) is 18.0. The van der Waals surface area contributed by atoms with Crippen LogP contribution in [0.5, 0.6) is 0 Å². The Kier molecular flexibility index (Phi) is 5.24. The highest BCUT2D eigenvalue weighted by Crippen LogP contribution is 2.33. The minimum Gasteiger partial charge on any atom is -0.441 e. The van der Waals surface area contributed by atoms with Crippen molar-refractivity contribution in [3.63, 3.8) is 0 Å². The van der Waals surface area contributed by atoms with E-state index in [4.69, 9.17) is 4.74 Å². The summed E-state index contributed by atoms with van der Waals surface area (Å²) in [5.74, 6) is -0.0617. The molecule has 3 rings (SSSR count). The van der Waals surface area contributed by atoms with Gasteiger partial charge in [0.05, 0.1) is 5.56 Å². The number of rotatable bonds is 4. The van der Waals surface area contributed by atoms with Crippen LogP contribution in [0, 0.1) is 5.82 Å². The Labute approximate surface area is 157 Å². The average molecular weight is 423 g/mol. The minimum atomic E-state index is -0.627. The molecule has 25 heavy (non-hydrogen) atoms. The van der Waals surface area contributed by atoms with Crippen LogP contribution in [0.4, 0.5) is 15.0 Å². The third-order valence-electron chi connectivity index (χ3n) is 3.79. The third kappa shape index (κ3) is 3.93. The summed E-state index contributed by atoms with van der Waals surface area (Å²) in [6.07, 6.45) is 0.320. The van der Waals surface area contributed by atoms with Crippen LogP contribution in [0.2, 0.25) is 0 Å². The number of nitrogens with one attached hydrogen (secondary N) is 1. The Morgan fingerprint density at radius 2 is 2.04 bits per heavy atom. The Bertz CT molecular complexity index is 875. The minimum absolute atomic E-state index is 0.329. The number of carbonyl (C=O) groups is 1. The van der Waals surface area contributed by atoms with Gasteiger partial charge in [-0.2, -0.15) is 11.3 Å². The molecule has 0 aliphatic rings. The fraction of sp³-hybridized carbons (Fsp3) is 0.167. The fourth-order valence-corrected chi connectivity index (χ4v) is 3.50. The van der Waals surface area contributed by atoms with Gasteiger partial charge in [-0.15, -0.1) is 0 Å². The second-order valence-electron chi connectivity index (χ2n) is 5.55. The van der Waals surface area contributed by atoms with Crippen molar-refractivity contribution in [3.05, 3.63) is 63.1 Å². The lowest BCUT2D eigenvalue weighted by Crippen LogP contribution is -2.17. The maximum atomic E-state index is 14.4. The number of benzene rings is 1. The maximum Gasteiger partial charge on any atom is 0.413 e. The van der Waals surface area contributed by atoms with Crippen molar-refractivity contribution in [2.45, 2.75) is 13.0 Å². The van der Waals surface area contributed by atoms with Crippen LogP contribution in [-0.4, -0.2) is 10.7 Å². The molecular weight excluding hydrogens is 407 g/mol. The number of hydrogen-bond acceptors (Lipinski definition) is 3. The molecule has 0 saturated carbocycles. The van der Waals surface area contributed by atoms with E-state index in [1.807, 2.05) is 29.0 Å². The van der Waals surface area contributed by atoms with Crippen LogP contribution in [0.1, 0.15) is 18.6 Å². The number of ether oxygens (including phenoxy) is 1. The molecule has 0 saturated heterocycles. The molecule has 1 unspecified atom stereocenters. The zero-order valence-electron chi connectivity index (χ0n) is 13.6. The van der Waals surface area contributed by atoms with Crippen molar-refractivity contribution in [1.82, 2.24) is 4.57 Å². The molecule has 0 spiro atoms. The van der Waals surface area contributed by atoms with Crippen LogP contribution in [0.3, 0.4) is 0 Å². The monoisotopic (exact) mass is 422 g/mol. The molecule has 4 nitrogen and oxygen atoms in total. The van der Waals surface area contributed by atoms with Gasteiger partial charge in [-0.3, -0.25) is 5.32 Å². The summed E-state index contributed by atoms with van der Waals surface area (Å²) in [7, 11) is 1.67. The van der Waals surface area contributed by atoms with E-state index in [1.54, 1.807) is 26.1 Å². The van der Waals surface area contributed by atoms with Gasteiger partial charge >= 0.3 is 6.09 Å². The van der Waals surface area contributed by atoms with Crippen molar-refractivity contribution in [2.24, 2.45) is 7.05 Å². The molecule has 3 aromatic rings. The van der Waals surface area contributed by atoms with E-state index in [2.05, 4.69) is 21.2 Å². The predicted molar refractivity (Wildman–Crippen MR) is 101 cm³/mol. The first-order valence-electron chi connectivity index (χ1n) is 7.56. The summed E-state index contributed by atoms with van der Waals surface area (Å²) in [6, 6.07) is 9.11. The summed E-state index contributed by atoms with van der Waals surface area (Å²) >= 11 is 4.90. The van der Waals surface area contributed by atoms with Crippen LogP contribution >= 0.6 is 27.3 Å². The van der Waals surface area contributed by atoms with Gasteiger partial charge in [-0.25, -0.2) is 9.18 Å². The molecular formula is C18H16BrFN2O2S. The van der Waals surface area contributed by atoms with Crippen molar-refractivity contribution in [2.75, 3.05) is 5.32 Å². The first kappa shape index (κ1) is 17.7. The molecule has 1 atom stereocenters. The van der Waals surface area contributed by atoms with Crippen LogP contribution < -0.4 is 5.32 Å². The molecule has 0 aliphatic heterocycles. The number of nitrogens with zero attached hydrogens (tertiary/aromatic N) is 1. The van der Waals surface area contributed by atoms with Gasteiger partial charge in [0, 0.05) is 23.3 Å². The van der Waals surface area contributed by atoms with Crippen molar-refractivity contribution < 1.29 is 13.9 Å². The van der Waals surface area contributed by atoms with Crippen LogP contribution in [-0.2, 0) is 11.8 Å². The summed E-state index contributed by atoms with van der Waals surface area (Å²) in [5, 5.41) is 6.51. The second kappa shape index (κ2) is 7.41. The zero-order valence-corrected chi connectivity index (χ0v) is 16.0. The van der Waals surface area contributed by atoms with Gasteiger partial charge in [0.1, 0.15) is 11.9 Å². The number of amides is 1. The summed E-state index contributed by atoms with van der Waals surface area (Å²) in [4.78, 5) is 12.2. The SMILES string of the molecule is CC(OC(=O)Nc1c(-c2ccc(Br)cc2)c(F)cn1C)c1ccsc1. The van der Waals surface area contributed by atoms with E-state index in [1.165, 1.54) is 22.1 Å². The molecule has 1 N–H and O–H groups in total. The highest BCUT2D eigenvalue weighted by atomic mass is 79.9. The lowest BCUT2D eigenvalue weighted by Gasteiger charge is -2.14. The van der Waals surface area contributed by atoms with E-state index in [-0.39, 0.29) is 6.10 Å². The average Bonchev–Trinajstić information content (AvgIpc) is 3.18. The summed E-state index contributed by atoms with van der Waals surface area (Å²) < 4.78 is 22.2. The number of aryl methyl sites for hydroxylation is 1. The van der Waals surface area contributed by atoms with Crippen molar-refractivity contribution >= 4 is 39.2 Å². The largest absolute Gasteiger partial charge is 0.441 e. The standard InChI is InChI=1S/C18H16BrFN2O2S/c1-11(13-7-8-25-10-13)24-18(23)21-17-16(15(20)9-22(17)2)12-3-5-14(19)6-4-12/h3-11H,1-2H3,(H,21,23). The van der Waals surface area contributed by atoms with Gasteiger partial charge in [-0.05, 0) is 41.4 Å². The lowest BCUT2D eigenvalue weighted by atomic mass is 10.1. The molecule has 0 radical (unpaired) electrons. The first-order chi connectivity index (χ1) is 12.0. The van der Waals surface area contributed by atoms with Crippen LogP contribution in [0.15, 0.2) is 51.8 Å². The Morgan fingerprint density at radius 3 is 2.68 bits per heavy atom. The summed E-state index contributed by atoms with van der Waals surface area (Å²) in [6.45, 7) is 1.79. The van der Waals surface area contributed by atoms with Gasteiger partial charge in [0.2, 0.25) is 0 Å². The lowest BCUT2D eigenvalue weighted by molar-refractivity contribution is 0.121. The van der Waals surface area contributed by atoms with Gasteiger partial charge in [-0.1, -0.05) is 28.1 Å². The number of thiophene rings is 1. The van der Waals surface area contributed by atoms with Crippen molar-refractivity contribution in [3.8, 4) is 11.1 Å².